The molecule has 0 bridgehead atoms. The third-order valence-corrected chi connectivity index (χ3v) is 4.99. The van der Waals surface area contributed by atoms with Crippen molar-refractivity contribution in [2.45, 2.75) is 23.3 Å². The van der Waals surface area contributed by atoms with Gasteiger partial charge in [-0.15, -0.1) is 11.8 Å². The topological polar surface area (TPSA) is 93.5 Å². The number of aliphatic imine (C=N–C) groups is 1. The summed E-state index contributed by atoms with van der Waals surface area (Å²) < 4.78 is 0. The fourth-order valence-corrected chi connectivity index (χ4v) is 3.86. The molecule has 0 amide bonds. The average Bonchev–Trinajstić information content (AvgIpc) is 2.60. The van der Waals surface area contributed by atoms with Gasteiger partial charge >= 0.3 is 0 Å². The highest BCUT2D eigenvalue weighted by Gasteiger charge is 2.28. The Morgan fingerprint density at radius 1 is 1.12 bits per heavy atom. The highest BCUT2D eigenvalue weighted by molar-refractivity contribution is 8.00. The van der Waals surface area contributed by atoms with Crippen molar-refractivity contribution in [2.75, 3.05) is 0 Å². The zero-order chi connectivity index (χ0) is 16.9. The molecule has 3 unspecified atom stereocenters. The molecule has 0 aliphatic carbocycles. The Labute approximate surface area is 145 Å². The van der Waals surface area contributed by atoms with Gasteiger partial charge in [0.05, 0.1) is 17.3 Å². The van der Waals surface area contributed by atoms with E-state index in [0.29, 0.717) is 17.8 Å². The van der Waals surface area contributed by atoms with Gasteiger partial charge in [-0.25, -0.2) is 4.99 Å². The lowest BCUT2D eigenvalue weighted by Crippen LogP contribution is -2.49. The number of thioether (sulfide) groups is 1. The first-order chi connectivity index (χ1) is 11.6. The Morgan fingerprint density at radius 2 is 1.75 bits per heavy atom. The molecule has 0 saturated heterocycles. The molecule has 0 radical (unpaired) electrons. The fourth-order valence-electron chi connectivity index (χ4n) is 2.58. The van der Waals surface area contributed by atoms with Crippen LogP contribution in [0, 0.1) is 0 Å². The number of carbonyl (C=O) groups excluding carboxylic acids is 1. The maximum atomic E-state index is 13.0. The summed E-state index contributed by atoms with van der Waals surface area (Å²) in [6.07, 6.45) is 0.267. The van der Waals surface area contributed by atoms with E-state index in [1.54, 1.807) is 0 Å². The van der Waals surface area contributed by atoms with Gasteiger partial charge in [-0.3, -0.25) is 10.1 Å². The molecule has 0 spiro atoms. The van der Waals surface area contributed by atoms with Gasteiger partial charge in [0.2, 0.25) is 0 Å². The summed E-state index contributed by atoms with van der Waals surface area (Å²) >= 11 is 1.42. The monoisotopic (exact) mass is 340 g/mol. The van der Waals surface area contributed by atoms with E-state index in [-0.39, 0.29) is 22.7 Å². The molecule has 3 rings (SSSR count). The van der Waals surface area contributed by atoms with Gasteiger partial charge < -0.3 is 11.5 Å². The second kappa shape index (κ2) is 7.61. The summed E-state index contributed by atoms with van der Waals surface area (Å²) in [4.78, 5) is 17.4. The predicted molar refractivity (Wildman–Crippen MR) is 98.7 cm³/mol. The highest BCUT2D eigenvalue weighted by atomic mass is 32.2. The zero-order valence-electron chi connectivity index (χ0n) is 13.1. The first-order valence-corrected chi connectivity index (χ1v) is 8.71. The summed E-state index contributed by atoms with van der Waals surface area (Å²) in [5, 5.41) is 2.79. The molecule has 3 atom stereocenters. The number of hydrogen-bond acceptors (Lipinski definition) is 6. The van der Waals surface area contributed by atoms with E-state index in [0.717, 1.165) is 5.56 Å². The number of benzene rings is 2. The van der Waals surface area contributed by atoms with Crippen LogP contribution in [0.3, 0.4) is 0 Å². The molecule has 5 nitrogen and oxygen atoms in total. The number of nitrogens with one attached hydrogen (secondary N) is 1. The summed E-state index contributed by atoms with van der Waals surface area (Å²) in [6, 6.07) is 19.0. The van der Waals surface area contributed by atoms with Crippen molar-refractivity contribution in [3.63, 3.8) is 0 Å². The maximum Gasteiger partial charge on any atom is 0.180 e. The van der Waals surface area contributed by atoms with Crippen LogP contribution in [-0.2, 0) is 0 Å². The number of hydrogen-bond donors (Lipinski definition) is 3. The predicted octanol–water partition coefficient (Wildman–Crippen LogP) is 2.26. The lowest BCUT2D eigenvalue weighted by atomic mass is 10.0. The number of carbonyl (C=O) groups is 1. The summed E-state index contributed by atoms with van der Waals surface area (Å²) in [6.45, 7) is 0. The first kappa shape index (κ1) is 16.7. The standard InChI is InChI=1S/C18H20N4OS/c19-14-11-15(20)22-18(21-14)24-17(13-9-5-2-6-10-13)16(23)12-7-3-1-4-8-12/h1-10,14,17-18,21H,11,19H2,(H2,20,22). The van der Waals surface area contributed by atoms with Crippen LogP contribution in [-0.4, -0.2) is 23.3 Å². The Balaban J connectivity index is 1.88. The van der Waals surface area contributed by atoms with Crippen molar-refractivity contribution < 1.29 is 4.79 Å². The largest absolute Gasteiger partial charge is 0.387 e. The van der Waals surface area contributed by atoms with E-state index in [1.165, 1.54) is 11.8 Å². The van der Waals surface area contributed by atoms with Crippen LogP contribution in [0.4, 0.5) is 0 Å². The van der Waals surface area contributed by atoms with Crippen molar-refractivity contribution in [2.24, 2.45) is 16.5 Å². The molecule has 1 heterocycles. The van der Waals surface area contributed by atoms with Crippen molar-refractivity contribution in [1.82, 2.24) is 5.32 Å². The minimum absolute atomic E-state index is 0.0431. The number of rotatable bonds is 5. The van der Waals surface area contributed by atoms with Gasteiger partial charge in [0, 0.05) is 12.0 Å². The van der Waals surface area contributed by atoms with Gasteiger partial charge in [0.15, 0.2) is 11.3 Å². The molecular formula is C18H20N4OS. The third kappa shape index (κ3) is 4.03. The molecule has 2 aromatic rings. The molecule has 0 aromatic heterocycles. The van der Waals surface area contributed by atoms with Crippen molar-refractivity contribution in [1.29, 1.82) is 0 Å². The highest BCUT2D eigenvalue weighted by Crippen LogP contribution is 2.35. The lowest BCUT2D eigenvalue weighted by molar-refractivity contribution is 0.0989. The summed E-state index contributed by atoms with van der Waals surface area (Å²) in [5.74, 6) is 0.555. The van der Waals surface area contributed by atoms with Crippen LogP contribution >= 0.6 is 11.8 Å². The van der Waals surface area contributed by atoms with Crippen LogP contribution in [0.25, 0.3) is 0 Å². The molecule has 0 saturated carbocycles. The van der Waals surface area contributed by atoms with Gasteiger partial charge in [0.25, 0.3) is 0 Å². The normalized spacial score (nSPS) is 21.8. The van der Waals surface area contributed by atoms with Crippen LogP contribution in [0.2, 0.25) is 0 Å². The Bertz CT molecular complexity index is 720. The molecule has 6 heteroatoms. The van der Waals surface area contributed by atoms with Crippen molar-refractivity contribution in [3.8, 4) is 0 Å². The number of nitrogens with two attached hydrogens (primary N) is 2. The minimum Gasteiger partial charge on any atom is -0.387 e. The Hall–Kier alpha value is -2.15. The maximum absolute atomic E-state index is 13.0. The molecule has 5 N–H and O–H groups in total. The van der Waals surface area contributed by atoms with E-state index >= 15 is 0 Å². The second-order valence-corrected chi connectivity index (χ2v) is 6.80. The van der Waals surface area contributed by atoms with E-state index < -0.39 is 0 Å². The fraction of sp³-hybridized carbons (Fsp3) is 0.222. The van der Waals surface area contributed by atoms with Crippen molar-refractivity contribution >= 4 is 23.4 Å². The molecule has 0 fully saturated rings. The van der Waals surface area contributed by atoms with Crippen LogP contribution in [0.5, 0.6) is 0 Å². The molecular weight excluding hydrogens is 320 g/mol. The van der Waals surface area contributed by atoms with Crippen LogP contribution < -0.4 is 16.8 Å². The number of Topliss-reactive ketones (excluding diaryl/α,β-unsaturated/α-hetero) is 1. The van der Waals surface area contributed by atoms with Gasteiger partial charge in [-0.1, -0.05) is 60.7 Å². The summed E-state index contributed by atoms with van der Waals surface area (Å²) in [7, 11) is 0. The number of ketones is 1. The minimum atomic E-state index is -0.382. The van der Waals surface area contributed by atoms with Gasteiger partial charge in [-0.05, 0) is 5.56 Å². The third-order valence-electron chi connectivity index (χ3n) is 3.73. The van der Waals surface area contributed by atoms with E-state index in [4.69, 9.17) is 11.5 Å². The molecule has 24 heavy (non-hydrogen) atoms. The van der Waals surface area contributed by atoms with Crippen LogP contribution in [0.1, 0.15) is 27.6 Å². The molecule has 124 valence electrons. The average molecular weight is 340 g/mol. The SMILES string of the molecule is NC1=NC(SC(C(=O)c2ccccc2)c2ccccc2)NC(N)C1. The van der Waals surface area contributed by atoms with Crippen molar-refractivity contribution in [3.05, 3.63) is 71.8 Å². The number of nitrogens with zero attached hydrogens (tertiary/aromatic N) is 1. The Morgan fingerprint density at radius 3 is 2.38 bits per heavy atom. The second-order valence-electron chi connectivity index (χ2n) is 5.61. The quantitative estimate of drug-likeness (QED) is 0.726. The van der Waals surface area contributed by atoms with E-state index in [2.05, 4.69) is 10.3 Å². The lowest BCUT2D eigenvalue weighted by Gasteiger charge is -2.28. The van der Waals surface area contributed by atoms with E-state index in [1.807, 2.05) is 60.7 Å². The molecule has 1 aliphatic rings. The van der Waals surface area contributed by atoms with Gasteiger partial charge in [0.1, 0.15) is 0 Å². The number of amidine groups is 1. The summed E-state index contributed by atoms with van der Waals surface area (Å²) in [5.41, 5.74) is 13.1. The molecule has 1 aliphatic heterocycles. The van der Waals surface area contributed by atoms with Gasteiger partial charge in [-0.2, -0.15) is 0 Å². The molecule has 2 aromatic carbocycles. The van der Waals surface area contributed by atoms with Crippen LogP contribution in [0.15, 0.2) is 65.7 Å². The Kier molecular flexibility index (Phi) is 5.30. The van der Waals surface area contributed by atoms with E-state index in [9.17, 15) is 4.79 Å². The smallest absolute Gasteiger partial charge is 0.180 e. The zero-order valence-corrected chi connectivity index (χ0v) is 13.9. The first-order valence-electron chi connectivity index (χ1n) is 7.77.